The van der Waals surface area contributed by atoms with Gasteiger partial charge in [0, 0.05) is 6.42 Å². The maximum Gasteiger partial charge on any atom is 0.217 e. The van der Waals surface area contributed by atoms with Crippen LogP contribution in [0, 0.1) is 5.92 Å². The Bertz CT molecular complexity index is 90.9. The highest BCUT2D eigenvalue weighted by atomic mass is 16.1. The fourth-order valence-electron chi connectivity index (χ4n) is 0.938. The maximum atomic E-state index is 10.3. The van der Waals surface area contributed by atoms with Gasteiger partial charge in [-0.25, -0.2) is 0 Å². The zero-order valence-corrected chi connectivity index (χ0v) is 6.18. The highest BCUT2D eigenvalue weighted by Crippen LogP contribution is 2.07. The van der Waals surface area contributed by atoms with Crippen molar-refractivity contribution in [3.8, 4) is 0 Å². The summed E-state index contributed by atoms with van der Waals surface area (Å²) in [6, 6.07) is 0. The zero-order chi connectivity index (χ0) is 7.28. The molecule has 0 heterocycles. The van der Waals surface area contributed by atoms with Gasteiger partial charge in [0.1, 0.15) is 0 Å². The molecule has 0 aliphatic heterocycles. The third kappa shape index (κ3) is 5.34. The molecular formula is C7H15NO. The fourth-order valence-corrected chi connectivity index (χ4v) is 0.938. The van der Waals surface area contributed by atoms with E-state index in [0.29, 0.717) is 12.3 Å². The topological polar surface area (TPSA) is 43.1 Å². The van der Waals surface area contributed by atoms with Crippen LogP contribution in [-0.4, -0.2) is 5.91 Å². The molecule has 0 radical (unpaired) electrons. The van der Waals surface area contributed by atoms with E-state index in [2.05, 4.69) is 6.92 Å². The molecule has 0 aliphatic carbocycles. The second-order valence-electron chi connectivity index (χ2n) is 2.56. The van der Waals surface area contributed by atoms with Crippen molar-refractivity contribution < 1.29 is 4.79 Å². The predicted molar refractivity (Wildman–Crippen MR) is 37.9 cm³/mol. The Morgan fingerprint density at radius 2 is 2.22 bits per heavy atom. The summed E-state index contributed by atoms with van der Waals surface area (Å²) >= 11 is 0. The lowest BCUT2D eigenvalue weighted by Gasteiger charge is -2.04. The highest BCUT2D eigenvalue weighted by Gasteiger charge is 2.02. The average Bonchev–Trinajstić information content (AvgIpc) is 1.63. The van der Waals surface area contributed by atoms with Crippen molar-refractivity contribution in [2.75, 3.05) is 0 Å². The predicted octanol–water partition coefficient (Wildman–Crippen LogP) is 1.30. The number of carbonyl (C=O) groups excluding carboxylic acids is 1. The Morgan fingerprint density at radius 1 is 1.67 bits per heavy atom. The Kier molecular flexibility index (Phi) is 4.10. The first kappa shape index (κ1) is 8.47. The van der Waals surface area contributed by atoms with Crippen LogP contribution in [0.2, 0.25) is 0 Å². The van der Waals surface area contributed by atoms with Gasteiger partial charge >= 0.3 is 0 Å². The van der Waals surface area contributed by atoms with E-state index in [1.54, 1.807) is 0 Å². The van der Waals surface area contributed by atoms with E-state index in [-0.39, 0.29) is 5.91 Å². The van der Waals surface area contributed by atoms with Crippen LogP contribution in [0.3, 0.4) is 0 Å². The van der Waals surface area contributed by atoms with Crippen molar-refractivity contribution in [2.24, 2.45) is 11.7 Å². The van der Waals surface area contributed by atoms with Crippen molar-refractivity contribution >= 4 is 5.91 Å². The number of rotatable bonds is 4. The molecular weight excluding hydrogens is 114 g/mol. The van der Waals surface area contributed by atoms with Crippen LogP contribution in [0.5, 0.6) is 0 Å². The van der Waals surface area contributed by atoms with Crippen LogP contribution >= 0.6 is 0 Å². The van der Waals surface area contributed by atoms with Crippen molar-refractivity contribution in [3.05, 3.63) is 0 Å². The molecule has 2 nitrogen and oxygen atoms in total. The summed E-state index contributed by atoms with van der Waals surface area (Å²) in [6.45, 7) is 4.16. The molecule has 2 N–H and O–H groups in total. The van der Waals surface area contributed by atoms with E-state index in [4.69, 9.17) is 5.73 Å². The van der Waals surface area contributed by atoms with Crippen molar-refractivity contribution in [3.63, 3.8) is 0 Å². The van der Waals surface area contributed by atoms with Crippen LogP contribution in [0.4, 0.5) is 0 Å². The van der Waals surface area contributed by atoms with E-state index in [0.717, 1.165) is 12.8 Å². The standard InChI is InChI=1S/C7H15NO/c1-3-4-6(2)5-7(8)9/h6H,3-5H2,1-2H3,(H2,8,9)/t6-/m0/s1. The molecule has 0 aromatic carbocycles. The van der Waals surface area contributed by atoms with Crippen LogP contribution in [0.15, 0.2) is 0 Å². The van der Waals surface area contributed by atoms with Crippen molar-refractivity contribution in [2.45, 2.75) is 33.1 Å². The van der Waals surface area contributed by atoms with E-state index in [9.17, 15) is 4.79 Å². The monoisotopic (exact) mass is 129 g/mol. The van der Waals surface area contributed by atoms with Gasteiger partial charge in [-0.1, -0.05) is 26.7 Å². The van der Waals surface area contributed by atoms with Gasteiger partial charge in [0.05, 0.1) is 0 Å². The average molecular weight is 129 g/mol. The van der Waals surface area contributed by atoms with Gasteiger partial charge in [0.25, 0.3) is 0 Å². The summed E-state index contributed by atoms with van der Waals surface area (Å²) in [5, 5.41) is 0. The quantitative estimate of drug-likeness (QED) is 0.610. The van der Waals surface area contributed by atoms with Gasteiger partial charge in [0.2, 0.25) is 5.91 Å². The van der Waals surface area contributed by atoms with Gasteiger partial charge in [-0.2, -0.15) is 0 Å². The summed E-state index contributed by atoms with van der Waals surface area (Å²) in [4.78, 5) is 10.3. The minimum Gasteiger partial charge on any atom is -0.370 e. The Morgan fingerprint density at radius 3 is 2.56 bits per heavy atom. The molecule has 1 amide bonds. The number of amides is 1. The third-order valence-electron chi connectivity index (χ3n) is 1.33. The smallest absolute Gasteiger partial charge is 0.217 e. The van der Waals surface area contributed by atoms with E-state index >= 15 is 0 Å². The molecule has 0 aromatic rings. The molecule has 0 fully saturated rings. The zero-order valence-electron chi connectivity index (χ0n) is 6.18. The van der Waals surface area contributed by atoms with Gasteiger partial charge in [-0.05, 0) is 5.92 Å². The molecule has 54 valence electrons. The second kappa shape index (κ2) is 4.36. The van der Waals surface area contributed by atoms with Crippen molar-refractivity contribution in [1.29, 1.82) is 0 Å². The number of carbonyl (C=O) groups is 1. The molecule has 1 atom stereocenters. The summed E-state index contributed by atoms with van der Waals surface area (Å²) in [5.41, 5.74) is 4.98. The summed E-state index contributed by atoms with van der Waals surface area (Å²) in [6.07, 6.45) is 2.77. The molecule has 0 aliphatic rings. The minimum atomic E-state index is -0.184. The molecule has 0 spiro atoms. The summed E-state index contributed by atoms with van der Waals surface area (Å²) in [7, 11) is 0. The van der Waals surface area contributed by atoms with Crippen LogP contribution in [-0.2, 0) is 4.79 Å². The lowest BCUT2D eigenvalue weighted by molar-refractivity contribution is -0.118. The molecule has 0 rings (SSSR count). The number of hydrogen-bond acceptors (Lipinski definition) is 1. The molecule has 0 saturated heterocycles. The van der Waals surface area contributed by atoms with Crippen molar-refractivity contribution in [1.82, 2.24) is 0 Å². The SMILES string of the molecule is CCC[C@H](C)CC(N)=O. The van der Waals surface area contributed by atoms with Crippen LogP contribution in [0.25, 0.3) is 0 Å². The number of hydrogen-bond donors (Lipinski definition) is 1. The Balaban J connectivity index is 3.26. The molecule has 0 unspecified atom stereocenters. The summed E-state index contributed by atoms with van der Waals surface area (Å²) < 4.78 is 0. The molecule has 0 saturated carbocycles. The lowest BCUT2D eigenvalue weighted by atomic mass is 10.0. The van der Waals surface area contributed by atoms with E-state index in [1.165, 1.54) is 0 Å². The lowest BCUT2D eigenvalue weighted by Crippen LogP contribution is -2.14. The second-order valence-corrected chi connectivity index (χ2v) is 2.56. The third-order valence-corrected chi connectivity index (χ3v) is 1.33. The van der Waals surface area contributed by atoms with Crippen LogP contribution < -0.4 is 5.73 Å². The molecule has 9 heavy (non-hydrogen) atoms. The Labute approximate surface area is 56.4 Å². The van der Waals surface area contributed by atoms with E-state index in [1.807, 2.05) is 6.92 Å². The molecule has 0 bridgehead atoms. The van der Waals surface area contributed by atoms with Gasteiger partial charge < -0.3 is 5.73 Å². The van der Waals surface area contributed by atoms with Crippen LogP contribution in [0.1, 0.15) is 33.1 Å². The first-order valence-electron chi connectivity index (χ1n) is 3.45. The van der Waals surface area contributed by atoms with Gasteiger partial charge in [-0.3, -0.25) is 4.79 Å². The first-order valence-corrected chi connectivity index (χ1v) is 3.45. The minimum absolute atomic E-state index is 0.184. The highest BCUT2D eigenvalue weighted by molar-refractivity contribution is 5.73. The molecule has 2 heteroatoms. The summed E-state index contributed by atoms with van der Waals surface area (Å²) in [5.74, 6) is 0.281. The Hall–Kier alpha value is -0.530. The fraction of sp³-hybridized carbons (Fsp3) is 0.857. The first-order chi connectivity index (χ1) is 4.16. The normalized spacial score (nSPS) is 13.1. The van der Waals surface area contributed by atoms with Gasteiger partial charge in [-0.15, -0.1) is 0 Å². The number of primary amides is 1. The molecule has 0 aromatic heterocycles. The maximum absolute atomic E-state index is 10.3. The number of nitrogens with two attached hydrogens (primary N) is 1. The van der Waals surface area contributed by atoms with E-state index < -0.39 is 0 Å². The largest absolute Gasteiger partial charge is 0.370 e. The van der Waals surface area contributed by atoms with Gasteiger partial charge in [0.15, 0.2) is 0 Å².